The van der Waals surface area contributed by atoms with Crippen molar-refractivity contribution in [3.8, 4) is 11.1 Å². The number of amides is 1. The molecular formula is C16H15NO2. The number of hydrogen-bond acceptors (Lipinski definition) is 2. The van der Waals surface area contributed by atoms with Crippen LogP contribution in [0.2, 0.25) is 0 Å². The maximum atomic E-state index is 11.1. The van der Waals surface area contributed by atoms with Gasteiger partial charge >= 0.3 is 6.09 Å². The molecule has 2 aromatic carbocycles. The van der Waals surface area contributed by atoms with Crippen LogP contribution in [-0.4, -0.2) is 18.7 Å². The van der Waals surface area contributed by atoms with Gasteiger partial charge in [-0.15, -0.1) is 0 Å². The number of ether oxygens (including phenoxy) is 1. The highest BCUT2D eigenvalue weighted by Gasteiger charge is 2.23. The molecule has 0 bridgehead atoms. The summed E-state index contributed by atoms with van der Waals surface area (Å²) in [6, 6.07) is 18.5. The van der Waals surface area contributed by atoms with Crippen LogP contribution in [-0.2, 0) is 11.2 Å². The lowest BCUT2D eigenvalue weighted by Crippen LogP contribution is -2.17. The lowest BCUT2D eigenvalue weighted by atomic mass is 9.96. The average Bonchev–Trinajstić information content (AvgIpc) is 2.86. The summed E-state index contributed by atoms with van der Waals surface area (Å²) in [4.78, 5) is 11.1. The molecule has 1 aliphatic heterocycles. The van der Waals surface area contributed by atoms with Crippen LogP contribution in [0.4, 0.5) is 4.79 Å². The van der Waals surface area contributed by atoms with E-state index < -0.39 is 0 Å². The lowest BCUT2D eigenvalue weighted by molar-refractivity contribution is 0.140. The minimum Gasteiger partial charge on any atom is -0.444 e. The van der Waals surface area contributed by atoms with E-state index in [0.717, 1.165) is 6.42 Å². The van der Waals surface area contributed by atoms with Gasteiger partial charge in [-0.1, -0.05) is 54.6 Å². The van der Waals surface area contributed by atoms with Crippen molar-refractivity contribution < 1.29 is 9.53 Å². The molecule has 1 amide bonds. The molecule has 0 spiro atoms. The van der Waals surface area contributed by atoms with E-state index in [9.17, 15) is 4.79 Å². The molecule has 1 saturated heterocycles. The van der Waals surface area contributed by atoms with Crippen molar-refractivity contribution in [3.63, 3.8) is 0 Å². The first-order chi connectivity index (χ1) is 9.33. The second-order valence-corrected chi connectivity index (χ2v) is 4.64. The molecule has 0 aliphatic carbocycles. The molecule has 3 rings (SSSR count). The molecule has 3 heteroatoms. The molecule has 3 nitrogen and oxygen atoms in total. The summed E-state index contributed by atoms with van der Waals surface area (Å²) in [5, 5.41) is 2.69. The number of carbonyl (C=O) groups excluding carboxylic acids is 1. The number of nitrogens with one attached hydrogen (secondary N) is 1. The molecule has 1 aliphatic rings. The van der Waals surface area contributed by atoms with Crippen LogP contribution in [0.1, 0.15) is 5.56 Å². The van der Waals surface area contributed by atoms with E-state index in [1.54, 1.807) is 0 Å². The Morgan fingerprint density at radius 3 is 2.53 bits per heavy atom. The van der Waals surface area contributed by atoms with E-state index in [1.165, 1.54) is 16.7 Å². The Morgan fingerprint density at radius 2 is 1.79 bits per heavy atom. The highest BCUT2D eigenvalue weighted by molar-refractivity contribution is 5.70. The molecular weight excluding hydrogens is 238 g/mol. The third-order valence-corrected chi connectivity index (χ3v) is 3.30. The van der Waals surface area contributed by atoms with Gasteiger partial charge in [0.2, 0.25) is 0 Å². The van der Waals surface area contributed by atoms with Crippen LogP contribution >= 0.6 is 0 Å². The SMILES string of the molecule is O=C1NCC(Cc2ccccc2-c2ccccc2)O1. The summed E-state index contributed by atoms with van der Waals surface area (Å²) in [6.45, 7) is 0.585. The molecule has 0 aromatic heterocycles. The number of cyclic esters (lactones) is 1. The zero-order valence-electron chi connectivity index (χ0n) is 10.5. The summed E-state index contributed by atoms with van der Waals surface area (Å²) >= 11 is 0. The molecule has 96 valence electrons. The van der Waals surface area contributed by atoms with Gasteiger partial charge in [0.15, 0.2) is 0 Å². The highest BCUT2D eigenvalue weighted by Crippen LogP contribution is 2.25. The fraction of sp³-hybridized carbons (Fsp3) is 0.188. The molecule has 0 saturated carbocycles. The number of carbonyl (C=O) groups is 1. The first-order valence-corrected chi connectivity index (χ1v) is 6.41. The molecule has 1 N–H and O–H groups in total. The van der Waals surface area contributed by atoms with Gasteiger partial charge in [0.25, 0.3) is 0 Å². The fourth-order valence-electron chi connectivity index (χ4n) is 2.39. The van der Waals surface area contributed by atoms with Crippen LogP contribution in [0.25, 0.3) is 11.1 Å². The van der Waals surface area contributed by atoms with Gasteiger partial charge in [0, 0.05) is 6.42 Å². The van der Waals surface area contributed by atoms with Crippen LogP contribution in [0.3, 0.4) is 0 Å². The monoisotopic (exact) mass is 253 g/mol. The zero-order chi connectivity index (χ0) is 13.1. The minimum atomic E-state index is -0.317. The van der Waals surface area contributed by atoms with Gasteiger partial charge in [0.1, 0.15) is 6.10 Å². The number of rotatable bonds is 3. The Bertz CT molecular complexity index is 580. The second kappa shape index (κ2) is 5.14. The van der Waals surface area contributed by atoms with Crippen LogP contribution < -0.4 is 5.32 Å². The van der Waals surface area contributed by atoms with Crippen molar-refractivity contribution in [2.45, 2.75) is 12.5 Å². The van der Waals surface area contributed by atoms with Gasteiger partial charge in [-0.25, -0.2) is 4.79 Å². The number of benzene rings is 2. The second-order valence-electron chi connectivity index (χ2n) is 4.64. The fourth-order valence-corrected chi connectivity index (χ4v) is 2.39. The minimum absolute atomic E-state index is 0.0719. The highest BCUT2D eigenvalue weighted by atomic mass is 16.6. The molecule has 19 heavy (non-hydrogen) atoms. The summed E-state index contributed by atoms with van der Waals surface area (Å²) in [6.07, 6.45) is 0.351. The van der Waals surface area contributed by atoms with E-state index in [-0.39, 0.29) is 12.2 Å². The number of hydrogen-bond donors (Lipinski definition) is 1. The largest absolute Gasteiger partial charge is 0.444 e. The quantitative estimate of drug-likeness (QED) is 0.913. The topological polar surface area (TPSA) is 38.3 Å². The van der Waals surface area contributed by atoms with Gasteiger partial charge < -0.3 is 10.1 Å². The Morgan fingerprint density at radius 1 is 1.05 bits per heavy atom. The zero-order valence-corrected chi connectivity index (χ0v) is 10.5. The van der Waals surface area contributed by atoms with E-state index >= 15 is 0 Å². The molecule has 1 atom stereocenters. The molecule has 0 radical (unpaired) electrons. The maximum absolute atomic E-state index is 11.1. The molecule has 1 fully saturated rings. The van der Waals surface area contributed by atoms with Gasteiger partial charge in [-0.05, 0) is 16.7 Å². The average molecular weight is 253 g/mol. The Hall–Kier alpha value is -2.29. The molecule has 2 aromatic rings. The lowest BCUT2D eigenvalue weighted by Gasteiger charge is -2.12. The van der Waals surface area contributed by atoms with Gasteiger partial charge in [0.05, 0.1) is 6.54 Å². The molecule has 1 heterocycles. The van der Waals surface area contributed by atoms with Gasteiger partial charge in [-0.3, -0.25) is 0 Å². The third-order valence-electron chi connectivity index (χ3n) is 3.30. The van der Waals surface area contributed by atoms with E-state index in [2.05, 4.69) is 29.6 Å². The van der Waals surface area contributed by atoms with Crippen LogP contribution in [0, 0.1) is 0 Å². The summed E-state index contributed by atoms with van der Waals surface area (Å²) in [7, 11) is 0. The van der Waals surface area contributed by atoms with Crippen molar-refractivity contribution in [2.75, 3.05) is 6.54 Å². The van der Waals surface area contributed by atoms with Crippen LogP contribution in [0.15, 0.2) is 54.6 Å². The van der Waals surface area contributed by atoms with Crippen molar-refractivity contribution in [3.05, 3.63) is 60.2 Å². The first kappa shape index (κ1) is 11.8. The van der Waals surface area contributed by atoms with Crippen molar-refractivity contribution in [2.24, 2.45) is 0 Å². The van der Waals surface area contributed by atoms with E-state index in [1.807, 2.05) is 30.3 Å². The van der Waals surface area contributed by atoms with E-state index in [4.69, 9.17) is 4.74 Å². The van der Waals surface area contributed by atoms with Crippen molar-refractivity contribution in [1.82, 2.24) is 5.32 Å². The number of alkyl carbamates (subject to hydrolysis) is 1. The third kappa shape index (κ3) is 2.60. The van der Waals surface area contributed by atoms with Crippen molar-refractivity contribution in [1.29, 1.82) is 0 Å². The predicted molar refractivity (Wildman–Crippen MR) is 73.9 cm³/mol. The van der Waals surface area contributed by atoms with Crippen molar-refractivity contribution >= 4 is 6.09 Å². The Balaban J connectivity index is 1.88. The van der Waals surface area contributed by atoms with E-state index in [0.29, 0.717) is 6.54 Å². The summed E-state index contributed by atoms with van der Waals surface area (Å²) < 4.78 is 5.21. The normalized spacial score (nSPS) is 17.9. The standard InChI is InChI=1S/C16H15NO2/c18-16-17-11-14(19-16)10-13-8-4-5-9-15(13)12-6-2-1-3-7-12/h1-9,14H,10-11H2,(H,17,18). The van der Waals surface area contributed by atoms with Gasteiger partial charge in [-0.2, -0.15) is 0 Å². The molecule has 1 unspecified atom stereocenters. The predicted octanol–water partition coefficient (Wildman–Crippen LogP) is 3.00. The Kier molecular flexibility index (Phi) is 3.19. The smallest absolute Gasteiger partial charge is 0.407 e. The Labute approximate surface area is 112 Å². The maximum Gasteiger partial charge on any atom is 0.407 e. The summed E-state index contributed by atoms with van der Waals surface area (Å²) in [5.41, 5.74) is 3.59. The van der Waals surface area contributed by atoms with Crippen LogP contribution in [0.5, 0.6) is 0 Å². The first-order valence-electron chi connectivity index (χ1n) is 6.41. The summed E-state index contributed by atoms with van der Waals surface area (Å²) in [5.74, 6) is 0.